The first-order valence-corrected chi connectivity index (χ1v) is 8.65. The van der Waals surface area contributed by atoms with Crippen molar-refractivity contribution in [2.75, 3.05) is 0 Å². The number of nitrogens with one attached hydrogen (secondary N) is 1. The number of carbonyl (C=O) groups is 1. The Bertz CT molecular complexity index is 676. The standard InChI is InChI=1S/C12H15BrN2O6S/c1-2-3-4-10(12(16)17)14-22(20,21)11-6-5-8(15(18)19)7-9(11)13/h5-7,10,14H,2-4H2,1H3,(H,16,17)/t10-/m0/s1. The number of unbranched alkanes of at least 4 members (excludes halogenated alkanes) is 1. The number of rotatable bonds is 8. The number of hydrogen-bond acceptors (Lipinski definition) is 5. The summed E-state index contributed by atoms with van der Waals surface area (Å²) in [4.78, 5) is 20.9. The van der Waals surface area contributed by atoms with Crippen LogP contribution in [0.4, 0.5) is 5.69 Å². The molecule has 0 aromatic heterocycles. The van der Waals surface area contributed by atoms with E-state index in [2.05, 4.69) is 20.7 Å². The Balaban J connectivity index is 3.07. The maximum atomic E-state index is 12.2. The van der Waals surface area contributed by atoms with E-state index in [0.717, 1.165) is 24.6 Å². The van der Waals surface area contributed by atoms with Crippen LogP contribution in [0.3, 0.4) is 0 Å². The van der Waals surface area contributed by atoms with Gasteiger partial charge in [-0.25, -0.2) is 8.42 Å². The van der Waals surface area contributed by atoms with Gasteiger partial charge in [0.05, 0.1) is 9.82 Å². The van der Waals surface area contributed by atoms with E-state index < -0.39 is 27.0 Å². The maximum absolute atomic E-state index is 12.2. The SMILES string of the molecule is CCCC[C@H](NS(=O)(=O)c1ccc([N+](=O)[O-])cc1Br)C(=O)O. The normalized spacial score (nSPS) is 12.8. The van der Waals surface area contributed by atoms with E-state index in [1.807, 2.05) is 6.92 Å². The summed E-state index contributed by atoms with van der Waals surface area (Å²) in [5.41, 5.74) is -0.272. The summed E-state index contributed by atoms with van der Waals surface area (Å²) >= 11 is 2.96. The molecule has 0 spiro atoms. The molecule has 0 radical (unpaired) electrons. The predicted molar refractivity (Wildman–Crippen MR) is 82.1 cm³/mol. The zero-order valence-corrected chi connectivity index (χ0v) is 14.1. The number of carboxylic acids is 1. The Hall–Kier alpha value is -1.52. The molecule has 0 aliphatic carbocycles. The first-order valence-electron chi connectivity index (χ1n) is 6.38. The highest BCUT2D eigenvalue weighted by Gasteiger charge is 2.27. The molecule has 22 heavy (non-hydrogen) atoms. The minimum atomic E-state index is -4.11. The van der Waals surface area contributed by atoms with Gasteiger partial charge in [-0.05, 0) is 28.4 Å². The van der Waals surface area contributed by atoms with Gasteiger partial charge in [0.2, 0.25) is 10.0 Å². The van der Waals surface area contributed by atoms with Crippen LogP contribution < -0.4 is 4.72 Å². The number of carboxylic acid groups (broad SMARTS) is 1. The molecule has 1 atom stereocenters. The van der Waals surface area contributed by atoms with Crippen molar-refractivity contribution in [2.24, 2.45) is 0 Å². The summed E-state index contributed by atoms with van der Waals surface area (Å²) < 4.78 is 26.6. The Morgan fingerprint density at radius 2 is 2.14 bits per heavy atom. The molecule has 1 aromatic rings. The van der Waals surface area contributed by atoms with Crippen molar-refractivity contribution in [2.45, 2.75) is 37.1 Å². The van der Waals surface area contributed by atoms with Crippen LogP contribution in [0.2, 0.25) is 0 Å². The Labute approximate surface area is 135 Å². The van der Waals surface area contributed by atoms with Gasteiger partial charge in [0.15, 0.2) is 0 Å². The predicted octanol–water partition coefficient (Wildman–Crippen LogP) is 2.28. The maximum Gasteiger partial charge on any atom is 0.321 e. The molecule has 0 saturated carbocycles. The largest absolute Gasteiger partial charge is 0.480 e. The van der Waals surface area contributed by atoms with Crippen molar-refractivity contribution < 1.29 is 23.2 Å². The van der Waals surface area contributed by atoms with Crippen LogP contribution in [0, 0.1) is 10.1 Å². The molecule has 0 aliphatic rings. The molecule has 0 fully saturated rings. The topological polar surface area (TPSA) is 127 Å². The van der Waals surface area contributed by atoms with Crippen LogP contribution in [0.25, 0.3) is 0 Å². The number of nitrogens with zero attached hydrogens (tertiary/aromatic N) is 1. The Kier molecular flexibility index (Phi) is 6.45. The average Bonchev–Trinajstić information content (AvgIpc) is 2.42. The van der Waals surface area contributed by atoms with Gasteiger partial charge in [0, 0.05) is 16.6 Å². The summed E-state index contributed by atoms with van der Waals surface area (Å²) in [6, 6.07) is 1.91. The third-order valence-corrected chi connectivity index (χ3v) is 5.31. The lowest BCUT2D eigenvalue weighted by atomic mass is 10.1. The van der Waals surface area contributed by atoms with Crippen LogP contribution in [-0.4, -0.2) is 30.5 Å². The molecule has 0 unspecified atom stereocenters. The molecule has 1 aromatic carbocycles. The molecular formula is C12H15BrN2O6S. The minimum Gasteiger partial charge on any atom is -0.480 e. The molecular weight excluding hydrogens is 380 g/mol. The molecule has 2 N–H and O–H groups in total. The quantitative estimate of drug-likeness (QED) is 0.514. The van der Waals surface area contributed by atoms with Gasteiger partial charge >= 0.3 is 5.97 Å². The zero-order chi connectivity index (χ0) is 16.9. The van der Waals surface area contributed by atoms with Gasteiger partial charge in [-0.1, -0.05) is 19.8 Å². The van der Waals surface area contributed by atoms with Gasteiger partial charge in [0.25, 0.3) is 5.69 Å². The molecule has 1 rings (SSSR count). The lowest BCUT2D eigenvalue weighted by Gasteiger charge is -2.15. The van der Waals surface area contributed by atoms with Gasteiger partial charge in [-0.3, -0.25) is 14.9 Å². The van der Waals surface area contributed by atoms with Gasteiger partial charge < -0.3 is 5.11 Å². The van der Waals surface area contributed by atoms with Crippen molar-refractivity contribution in [1.29, 1.82) is 0 Å². The molecule has 122 valence electrons. The number of benzene rings is 1. The van der Waals surface area contributed by atoms with Crippen LogP contribution in [0.15, 0.2) is 27.6 Å². The second-order valence-electron chi connectivity index (χ2n) is 4.53. The van der Waals surface area contributed by atoms with Crippen molar-refractivity contribution in [3.05, 3.63) is 32.8 Å². The van der Waals surface area contributed by atoms with E-state index in [-0.39, 0.29) is 21.5 Å². The van der Waals surface area contributed by atoms with E-state index in [4.69, 9.17) is 5.11 Å². The third kappa shape index (κ3) is 4.75. The molecule has 8 nitrogen and oxygen atoms in total. The van der Waals surface area contributed by atoms with Gasteiger partial charge in [-0.2, -0.15) is 4.72 Å². The lowest BCUT2D eigenvalue weighted by molar-refractivity contribution is -0.385. The smallest absolute Gasteiger partial charge is 0.321 e. The number of halogens is 1. The summed E-state index contributed by atoms with van der Waals surface area (Å²) in [5.74, 6) is -1.27. The number of nitro groups is 1. The number of sulfonamides is 1. The highest BCUT2D eigenvalue weighted by atomic mass is 79.9. The van der Waals surface area contributed by atoms with Crippen molar-refractivity contribution in [3.63, 3.8) is 0 Å². The van der Waals surface area contributed by atoms with Crippen molar-refractivity contribution in [1.82, 2.24) is 4.72 Å². The fourth-order valence-electron chi connectivity index (χ4n) is 1.71. The third-order valence-electron chi connectivity index (χ3n) is 2.86. The first kappa shape index (κ1) is 18.5. The van der Waals surface area contributed by atoms with Gasteiger partial charge in [-0.15, -0.1) is 0 Å². The monoisotopic (exact) mass is 394 g/mol. The molecule has 0 bridgehead atoms. The molecule has 0 heterocycles. The molecule has 0 amide bonds. The fourth-order valence-corrected chi connectivity index (χ4v) is 4.00. The second-order valence-corrected chi connectivity index (χ2v) is 7.06. The lowest BCUT2D eigenvalue weighted by Crippen LogP contribution is -2.40. The Morgan fingerprint density at radius 1 is 1.50 bits per heavy atom. The Morgan fingerprint density at radius 3 is 2.59 bits per heavy atom. The second kappa shape index (κ2) is 7.65. The number of hydrogen-bond donors (Lipinski definition) is 2. The van der Waals surface area contributed by atoms with E-state index in [9.17, 15) is 23.3 Å². The summed E-state index contributed by atoms with van der Waals surface area (Å²) in [6.45, 7) is 1.86. The molecule has 0 saturated heterocycles. The van der Waals surface area contributed by atoms with Crippen LogP contribution in [0.5, 0.6) is 0 Å². The fraction of sp³-hybridized carbons (Fsp3) is 0.417. The van der Waals surface area contributed by atoms with Crippen LogP contribution in [0.1, 0.15) is 26.2 Å². The van der Waals surface area contributed by atoms with Gasteiger partial charge in [0.1, 0.15) is 6.04 Å². The summed E-state index contributed by atoms with van der Waals surface area (Å²) in [6.07, 6.45) is 1.45. The number of non-ortho nitro benzene ring substituents is 1. The van der Waals surface area contributed by atoms with E-state index in [1.54, 1.807) is 0 Å². The summed E-state index contributed by atoms with van der Waals surface area (Å²) in [7, 11) is -4.11. The van der Waals surface area contributed by atoms with Crippen molar-refractivity contribution >= 4 is 37.6 Å². The van der Waals surface area contributed by atoms with Crippen LogP contribution in [-0.2, 0) is 14.8 Å². The highest BCUT2D eigenvalue weighted by Crippen LogP contribution is 2.26. The van der Waals surface area contributed by atoms with Crippen LogP contribution >= 0.6 is 15.9 Å². The molecule has 10 heteroatoms. The zero-order valence-electron chi connectivity index (χ0n) is 11.7. The van der Waals surface area contributed by atoms with E-state index in [1.165, 1.54) is 0 Å². The highest BCUT2D eigenvalue weighted by molar-refractivity contribution is 9.10. The minimum absolute atomic E-state index is 0.00571. The van der Waals surface area contributed by atoms with E-state index >= 15 is 0 Å². The molecule has 0 aliphatic heterocycles. The first-order chi connectivity index (χ1) is 10.2. The number of aliphatic carboxylic acids is 1. The summed E-state index contributed by atoms with van der Waals surface area (Å²) in [5, 5.41) is 19.7. The van der Waals surface area contributed by atoms with E-state index in [0.29, 0.717) is 6.42 Å². The average molecular weight is 395 g/mol. The van der Waals surface area contributed by atoms with Crippen molar-refractivity contribution in [3.8, 4) is 0 Å². The number of nitro benzene ring substituents is 1.